The number of carbonyl (C=O) groups excluding carboxylic acids is 1. The number of pyridine rings is 1. The number of hydrogen-bond acceptors (Lipinski definition) is 3. The Morgan fingerprint density at radius 1 is 1.29 bits per heavy atom. The van der Waals surface area contributed by atoms with Crippen LogP contribution in [0.3, 0.4) is 0 Å². The van der Waals surface area contributed by atoms with Gasteiger partial charge in [-0.2, -0.15) is 0 Å². The number of carbonyl (C=O) groups is 1. The van der Waals surface area contributed by atoms with Gasteiger partial charge < -0.3 is 4.90 Å². The van der Waals surface area contributed by atoms with E-state index in [-0.39, 0.29) is 11.9 Å². The lowest BCUT2D eigenvalue weighted by atomic mass is 10.1. The molecule has 2 heterocycles. The third-order valence-corrected chi connectivity index (χ3v) is 4.98. The monoisotopic (exact) mass is 323 g/mol. The first-order chi connectivity index (χ1) is 11.7. The zero-order valence-corrected chi connectivity index (χ0v) is 14.4. The number of likely N-dealkylation sites (N-methyl/N-ethyl adjacent to an activating group) is 1. The summed E-state index contributed by atoms with van der Waals surface area (Å²) in [5, 5.41) is 0. The lowest BCUT2D eigenvalue weighted by molar-refractivity contribution is 0.0689. The molecule has 0 saturated carbocycles. The summed E-state index contributed by atoms with van der Waals surface area (Å²) in [5.41, 5.74) is 2.01. The van der Waals surface area contributed by atoms with Crippen molar-refractivity contribution in [2.45, 2.75) is 32.4 Å². The van der Waals surface area contributed by atoms with Crippen LogP contribution in [0.4, 0.5) is 0 Å². The van der Waals surface area contributed by atoms with Crippen molar-refractivity contribution >= 4 is 5.91 Å². The Balaban J connectivity index is 1.68. The standard InChI is InChI=1S/C20H25N3O/c1-3-23(20(24)18-10-7-12-21-14-18)19-11-13-22(15-19)16(2)17-8-5-4-6-9-17/h4-10,12,14,16,19H,3,11,13,15H2,1-2H3/t16-,19-/m1/s1. The summed E-state index contributed by atoms with van der Waals surface area (Å²) in [5.74, 6) is 0.0878. The summed E-state index contributed by atoms with van der Waals surface area (Å²) >= 11 is 0. The van der Waals surface area contributed by atoms with Crippen LogP contribution >= 0.6 is 0 Å². The molecule has 2 aromatic rings. The third-order valence-electron chi connectivity index (χ3n) is 4.98. The predicted octanol–water partition coefficient (Wildman–Crippen LogP) is 3.38. The minimum atomic E-state index is 0.0878. The predicted molar refractivity (Wildman–Crippen MR) is 95.8 cm³/mol. The van der Waals surface area contributed by atoms with Crippen LogP contribution in [0.2, 0.25) is 0 Å². The molecule has 1 aromatic carbocycles. The number of rotatable bonds is 5. The topological polar surface area (TPSA) is 36.4 Å². The smallest absolute Gasteiger partial charge is 0.255 e. The van der Waals surface area contributed by atoms with Gasteiger partial charge in [0.1, 0.15) is 0 Å². The van der Waals surface area contributed by atoms with Crippen molar-refractivity contribution < 1.29 is 4.79 Å². The largest absolute Gasteiger partial charge is 0.335 e. The SMILES string of the molecule is CCN(C(=O)c1cccnc1)[C@@H]1CCN([C@H](C)c2ccccc2)C1. The molecule has 2 atom stereocenters. The van der Waals surface area contributed by atoms with E-state index in [1.54, 1.807) is 12.4 Å². The van der Waals surface area contributed by atoms with E-state index in [9.17, 15) is 4.79 Å². The molecule has 0 spiro atoms. The average Bonchev–Trinajstić information content (AvgIpc) is 3.13. The molecule has 4 nitrogen and oxygen atoms in total. The lowest BCUT2D eigenvalue weighted by Crippen LogP contribution is -2.42. The Morgan fingerprint density at radius 3 is 2.75 bits per heavy atom. The number of nitrogens with zero attached hydrogens (tertiary/aromatic N) is 3. The van der Waals surface area contributed by atoms with Crippen molar-refractivity contribution in [2.75, 3.05) is 19.6 Å². The van der Waals surface area contributed by atoms with Crippen LogP contribution in [0, 0.1) is 0 Å². The first kappa shape index (κ1) is 16.7. The summed E-state index contributed by atoms with van der Waals surface area (Å²) in [6.45, 7) is 6.98. The van der Waals surface area contributed by atoms with Gasteiger partial charge in [0, 0.05) is 44.1 Å². The Kier molecular flexibility index (Phi) is 5.26. The van der Waals surface area contributed by atoms with Crippen molar-refractivity contribution in [3.63, 3.8) is 0 Å². The fraction of sp³-hybridized carbons (Fsp3) is 0.400. The van der Waals surface area contributed by atoms with Crippen LogP contribution in [-0.2, 0) is 0 Å². The van der Waals surface area contributed by atoms with Crippen molar-refractivity contribution in [3.05, 3.63) is 66.0 Å². The molecule has 0 unspecified atom stereocenters. The second-order valence-electron chi connectivity index (χ2n) is 6.36. The number of hydrogen-bond donors (Lipinski definition) is 0. The number of aromatic nitrogens is 1. The molecule has 3 rings (SSSR count). The zero-order chi connectivity index (χ0) is 16.9. The summed E-state index contributed by atoms with van der Waals surface area (Å²) in [7, 11) is 0. The van der Waals surface area contributed by atoms with E-state index in [1.165, 1.54) is 5.56 Å². The number of amides is 1. The van der Waals surface area contributed by atoms with Crippen LogP contribution in [0.5, 0.6) is 0 Å². The normalized spacial score (nSPS) is 19.2. The summed E-state index contributed by atoms with van der Waals surface area (Å²) in [4.78, 5) is 21.3. The van der Waals surface area contributed by atoms with E-state index in [1.807, 2.05) is 23.1 Å². The van der Waals surface area contributed by atoms with E-state index in [0.717, 1.165) is 26.1 Å². The molecular formula is C20H25N3O. The summed E-state index contributed by atoms with van der Waals surface area (Å²) in [6, 6.07) is 14.9. The molecule has 1 aliphatic rings. The highest BCUT2D eigenvalue weighted by molar-refractivity contribution is 5.94. The van der Waals surface area contributed by atoms with Gasteiger partial charge in [-0.25, -0.2) is 0 Å². The Labute approximate surface area is 144 Å². The fourth-order valence-corrected chi connectivity index (χ4v) is 3.54. The first-order valence-electron chi connectivity index (χ1n) is 8.70. The Hall–Kier alpha value is -2.20. The van der Waals surface area contributed by atoms with Gasteiger partial charge in [-0.1, -0.05) is 30.3 Å². The van der Waals surface area contributed by atoms with Gasteiger partial charge in [-0.05, 0) is 38.0 Å². The van der Waals surface area contributed by atoms with Crippen LogP contribution in [0.15, 0.2) is 54.9 Å². The van der Waals surface area contributed by atoms with Gasteiger partial charge in [0.15, 0.2) is 0 Å². The molecule has 0 aliphatic carbocycles. The zero-order valence-electron chi connectivity index (χ0n) is 14.4. The van der Waals surface area contributed by atoms with E-state index < -0.39 is 0 Å². The highest BCUT2D eigenvalue weighted by atomic mass is 16.2. The lowest BCUT2D eigenvalue weighted by Gasteiger charge is -2.30. The van der Waals surface area contributed by atoms with Crippen LogP contribution in [-0.4, -0.2) is 46.4 Å². The van der Waals surface area contributed by atoms with E-state index in [4.69, 9.17) is 0 Å². The van der Waals surface area contributed by atoms with Crippen molar-refractivity contribution in [3.8, 4) is 0 Å². The molecule has 1 saturated heterocycles. The van der Waals surface area contributed by atoms with Crippen molar-refractivity contribution in [2.24, 2.45) is 0 Å². The van der Waals surface area contributed by atoms with E-state index in [2.05, 4.69) is 48.0 Å². The maximum absolute atomic E-state index is 12.8. The molecule has 126 valence electrons. The molecule has 1 aliphatic heterocycles. The summed E-state index contributed by atoms with van der Waals surface area (Å²) < 4.78 is 0. The molecule has 1 amide bonds. The fourth-order valence-electron chi connectivity index (χ4n) is 3.54. The molecule has 0 bridgehead atoms. The number of likely N-dealkylation sites (tertiary alicyclic amines) is 1. The van der Waals surface area contributed by atoms with Crippen molar-refractivity contribution in [1.29, 1.82) is 0 Å². The molecule has 4 heteroatoms. The first-order valence-corrected chi connectivity index (χ1v) is 8.70. The van der Waals surface area contributed by atoms with Crippen LogP contribution in [0.25, 0.3) is 0 Å². The van der Waals surface area contributed by atoms with Gasteiger partial charge in [-0.3, -0.25) is 14.7 Å². The molecule has 0 radical (unpaired) electrons. The minimum absolute atomic E-state index is 0.0878. The van der Waals surface area contributed by atoms with Gasteiger partial charge in [0.25, 0.3) is 5.91 Å². The van der Waals surface area contributed by atoms with Gasteiger partial charge >= 0.3 is 0 Å². The van der Waals surface area contributed by atoms with E-state index in [0.29, 0.717) is 11.6 Å². The van der Waals surface area contributed by atoms with Gasteiger partial charge in [0.2, 0.25) is 0 Å². The maximum atomic E-state index is 12.8. The molecule has 24 heavy (non-hydrogen) atoms. The summed E-state index contributed by atoms with van der Waals surface area (Å²) in [6.07, 6.45) is 4.38. The minimum Gasteiger partial charge on any atom is -0.335 e. The Morgan fingerprint density at radius 2 is 2.08 bits per heavy atom. The number of benzene rings is 1. The van der Waals surface area contributed by atoms with Crippen molar-refractivity contribution in [1.82, 2.24) is 14.8 Å². The third kappa shape index (κ3) is 3.49. The molecule has 1 fully saturated rings. The van der Waals surface area contributed by atoms with E-state index >= 15 is 0 Å². The highest BCUT2D eigenvalue weighted by Crippen LogP contribution is 2.27. The average molecular weight is 323 g/mol. The second kappa shape index (κ2) is 7.58. The molecule has 1 aromatic heterocycles. The second-order valence-corrected chi connectivity index (χ2v) is 6.36. The van der Waals surface area contributed by atoms with Crippen LogP contribution in [0.1, 0.15) is 42.2 Å². The molecular weight excluding hydrogens is 298 g/mol. The van der Waals surface area contributed by atoms with Gasteiger partial charge in [-0.15, -0.1) is 0 Å². The van der Waals surface area contributed by atoms with Gasteiger partial charge in [0.05, 0.1) is 5.56 Å². The quantitative estimate of drug-likeness (QED) is 0.846. The maximum Gasteiger partial charge on any atom is 0.255 e. The van der Waals surface area contributed by atoms with Crippen LogP contribution < -0.4 is 0 Å². The molecule has 0 N–H and O–H groups in total. The highest BCUT2D eigenvalue weighted by Gasteiger charge is 2.32. The Bertz CT molecular complexity index is 659.